The number of carbonyl (C=O) groups is 3. The van der Waals surface area contributed by atoms with Crippen molar-refractivity contribution in [1.82, 2.24) is 0 Å². The predicted molar refractivity (Wildman–Crippen MR) is 138 cm³/mol. The molecule has 0 aliphatic rings. The largest absolute Gasteiger partial charge is 0.505 e. The molecule has 3 aromatic carbocycles. The van der Waals surface area contributed by atoms with Crippen LogP contribution in [0.3, 0.4) is 0 Å². The van der Waals surface area contributed by atoms with E-state index in [1.807, 2.05) is 0 Å². The van der Waals surface area contributed by atoms with Gasteiger partial charge in [0.25, 0.3) is 0 Å². The molecule has 34 heavy (non-hydrogen) atoms. The average Bonchev–Trinajstić information content (AvgIpc) is 2.79. The normalized spacial score (nSPS) is 10.6. The van der Waals surface area contributed by atoms with Crippen LogP contribution in [0.25, 0.3) is 6.08 Å². The summed E-state index contributed by atoms with van der Waals surface area (Å²) in [6, 6.07) is 16.2. The number of phenolic OH excluding ortho intramolecular Hbond substituents is 1. The maximum atomic E-state index is 13.6. The Kier molecular flexibility index (Phi) is 7.92. The first-order chi connectivity index (χ1) is 16.2. The van der Waals surface area contributed by atoms with Crippen LogP contribution < -0.4 is 26.8 Å². The second-order valence-corrected chi connectivity index (χ2v) is 8.48. The fourth-order valence-corrected chi connectivity index (χ4v) is 3.85. The highest BCUT2D eigenvalue weighted by atomic mass is 79.9. The molecular weight excluding hydrogens is 570 g/mol. The topological polar surface area (TPSA) is 142 Å². The van der Waals surface area contributed by atoms with Gasteiger partial charge in [-0.05, 0) is 68.3 Å². The van der Waals surface area contributed by atoms with E-state index >= 15 is 0 Å². The number of nitrogens with zero attached hydrogens (tertiary/aromatic N) is 2. The first-order valence-corrected chi connectivity index (χ1v) is 11.3. The molecule has 0 aliphatic carbocycles. The smallest absolute Gasteiger partial charge is 0.346 e. The van der Waals surface area contributed by atoms with E-state index in [1.165, 1.54) is 24.3 Å². The summed E-state index contributed by atoms with van der Waals surface area (Å²) in [7, 11) is 0. The number of para-hydroxylation sites is 3. The van der Waals surface area contributed by atoms with Crippen LogP contribution in [0.5, 0.6) is 5.75 Å². The number of carbonyl (C=O) groups excluding carboxylic acids is 3. The first-order valence-electron chi connectivity index (χ1n) is 9.70. The van der Waals surface area contributed by atoms with E-state index in [4.69, 9.17) is 11.5 Å². The Morgan fingerprint density at radius 1 is 0.824 bits per heavy atom. The molecule has 9 nitrogen and oxygen atoms in total. The fourth-order valence-electron chi connectivity index (χ4n) is 3.01. The Labute approximate surface area is 211 Å². The monoisotopic (exact) mass is 587 g/mol. The number of halogens is 2. The molecule has 0 saturated heterocycles. The highest BCUT2D eigenvalue weighted by molar-refractivity contribution is 9.11. The van der Waals surface area contributed by atoms with Crippen LogP contribution in [-0.2, 0) is 4.79 Å². The van der Waals surface area contributed by atoms with Crippen molar-refractivity contribution in [2.45, 2.75) is 0 Å². The van der Waals surface area contributed by atoms with Gasteiger partial charge in [0, 0.05) is 20.6 Å². The third-order valence-electron chi connectivity index (χ3n) is 4.50. The molecule has 0 aromatic heterocycles. The summed E-state index contributed by atoms with van der Waals surface area (Å²) < 4.78 is 1.06. The SMILES string of the molecule is NC(=O)/C=C/c1cccc(N(C(=O)Nc2ccccc2Br)N(C(N)=O)c2ccccc2Br)c1O. The molecule has 3 aromatic rings. The standard InChI is InChI=1S/C23H19Br2N5O4/c24-15-7-1-3-9-17(15)28-23(34)30(29(22(27)33)18-10-4-2-8-16(18)25)19-11-5-6-14(21(19)32)12-13-20(26)31/h1-13,32H,(H2,26,31)(H2,27,33)(H,28,34)/b13-12+. The second kappa shape index (κ2) is 10.9. The predicted octanol–water partition coefficient (Wildman–Crippen LogP) is 4.95. The molecule has 3 rings (SSSR count). The highest BCUT2D eigenvalue weighted by Crippen LogP contribution is 2.37. The fraction of sp³-hybridized carbons (Fsp3) is 0. The zero-order valence-electron chi connectivity index (χ0n) is 17.5. The number of benzene rings is 3. The van der Waals surface area contributed by atoms with Crippen LogP contribution in [0.4, 0.5) is 26.7 Å². The van der Waals surface area contributed by atoms with Crippen molar-refractivity contribution in [2.24, 2.45) is 11.5 Å². The average molecular weight is 589 g/mol. The number of primary amides is 2. The summed E-state index contributed by atoms with van der Waals surface area (Å²) >= 11 is 6.73. The molecule has 0 unspecified atom stereocenters. The van der Waals surface area contributed by atoms with Crippen molar-refractivity contribution >= 4 is 73.0 Å². The van der Waals surface area contributed by atoms with Gasteiger partial charge in [0.05, 0.1) is 11.4 Å². The van der Waals surface area contributed by atoms with Gasteiger partial charge >= 0.3 is 12.1 Å². The van der Waals surface area contributed by atoms with E-state index in [-0.39, 0.29) is 22.7 Å². The third kappa shape index (κ3) is 5.56. The molecule has 0 saturated carbocycles. The van der Waals surface area contributed by atoms with Gasteiger partial charge < -0.3 is 21.9 Å². The number of aromatic hydroxyl groups is 1. The molecule has 0 bridgehead atoms. The van der Waals surface area contributed by atoms with Crippen LogP contribution in [0.2, 0.25) is 0 Å². The van der Waals surface area contributed by atoms with Crippen LogP contribution in [0.1, 0.15) is 5.56 Å². The maximum absolute atomic E-state index is 13.6. The number of rotatable bonds is 5. The molecule has 0 aliphatic heterocycles. The number of hydrazine groups is 1. The minimum Gasteiger partial charge on any atom is -0.505 e. The molecule has 0 heterocycles. The molecular formula is C23H19Br2N5O4. The van der Waals surface area contributed by atoms with Crippen LogP contribution in [-0.4, -0.2) is 23.1 Å². The summed E-state index contributed by atoms with van der Waals surface area (Å²) in [5.74, 6) is -1.11. The van der Waals surface area contributed by atoms with Gasteiger partial charge in [-0.2, -0.15) is 10.0 Å². The Balaban J connectivity index is 2.20. The van der Waals surface area contributed by atoms with E-state index in [2.05, 4.69) is 37.2 Å². The Morgan fingerprint density at radius 3 is 2.06 bits per heavy atom. The van der Waals surface area contributed by atoms with Crippen molar-refractivity contribution in [3.63, 3.8) is 0 Å². The number of nitrogens with two attached hydrogens (primary N) is 2. The quantitative estimate of drug-likeness (QED) is 0.247. The number of amides is 5. The highest BCUT2D eigenvalue weighted by Gasteiger charge is 2.32. The van der Waals surface area contributed by atoms with Crippen molar-refractivity contribution in [1.29, 1.82) is 0 Å². The van der Waals surface area contributed by atoms with Gasteiger partial charge in [0.1, 0.15) is 11.4 Å². The number of phenols is 1. The first kappa shape index (κ1) is 24.8. The zero-order chi connectivity index (χ0) is 24.8. The summed E-state index contributed by atoms with van der Waals surface area (Å²) in [6.45, 7) is 0. The number of nitrogens with one attached hydrogen (secondary N) is 1. The molecule has 174 valence electrons. The van der Waals surface area contributed by atoms with Crippen molar-refractivity contribution in [3.8, 4) is 5.75 Å². The third-order valence-corrected chi connectivity index (χ3v) is 5.86. The molecule has 11 heteroatoms. The zero-order valence-corrected chi connectivity index (χ0v) is 20.7. The van der Waals surface area contributed by atoms with Crippen LogP contribution in [0.15, 0.2) is 81.8 Å². The Hall–Kier alpha value is -3.83. The number of urea groups is 2. The molecule has 0 radical (unpaired) electrons. The van der Waals surface area contributed by atoms with Gasteiger partial charge in [0.15, 0.2) is 0 Å². The molecule has 0 atom stereocenters. The van der Waals surface area contributed by atoms with Gasteiger partial charge in [-0.25, -0.2) is 9.59 Å². The van der Waals surface area contributed by atoms with Gasteiger partial charge in [-0.3, -0.25) is 4.79 Å². The van der Waals surface area contributed by atoms with Crippen LogP contribution >= 0.6 is 31.9 Å². The second-order valence-electron chi connectivity index (χ2n) is 6.77. The Bertz CT molecular complexity index is 1280. The number of hydrogen-bond acceptors (Lipinski definition) is 4. The van der Waals surface area contributed by atoms with E-state index in [9.17, 15) is 19.5 Å². The van der Waals surface area contributed by atoms with E-state index < -0.39 is 18.0 Å². The molecule has 6 N–H and O–H groups in total. The summed E-state index contributed by atoms with van der Waals surface area (Å²) in [5.41, 5.74) is 11.6. The number of hydrogen-bond donors (Lipinski definition) is 4. The minimum absolute atomic E-state index is 0.0780. The van der Waals surface area contributed by atoms with E-state index in [1.54, 1.807) is 48.5 Å². The summed E-state index contributed by atoms with van der Waals surface area (Å²) in [5, 5.41) is 15.5. The minimum atomic E-state index is -0.994. The molecule has 0 fully saturated rings. The van der Waals surface area contributed by atoms with E-state index in [0.717, 1.165) is 16.1 Å². The van der Waals surface area contributed by atoms with Crippen molar-refractivity contribution < 1.29 is 19.5 Å². The van der Waals surface area contributed by atoms with Crippen molar-refractivity contribution in [2.75, 3.05) is 15.3 Å². The summed E-state index contributed by atoms with van der Waals surface area (Å²) in [4.78, 5) is 37.4. The lowest BCUT2D eigenvalue weighted by Crippen LogP contribution is -2.54. The van der Waals surface area contributed by atoms with Gasteiger partial charge in [-0.1, -0.05) is 36.4 Å². The maximum Gasteiger partial charge on any atom is 0.346 e. The lowest BCUT2D eigenvalue weighted by atomic mass is 10.1. The Morgan fingerprint density at radius 2 is 1.44 bits per heavy atom. The van der Waals surface area contributed by atoms with Gasteiger partial charge in [0.2, 0.25) is 5.91 Å². The van der Waals surface area contributed by atoms with Crippen molar-refractivity contribution in [3.05, 3.63) is 87.3 Å². The molecule has 0 spiro atoms. The lowest BCUT2D eigenvalue weighted by molar-refractivity contribution is -0.113. The number of anilines is 3. The molecule has 5 amide bonds. The van der Waals surface area contributed by atoms with Crippen LogP contribution in [0, 0.1) is 0 Å². The van der Waals surface area contributed by atoms with Gasteiger partial charge in [-0.15, -0.1) is 0 Å². The summed E-state index contributed by atoms with van der Waals surface area (Å²) in [6.07, 6.45) is 2.35. The van der Waals surface area contributed by atoms with E-state index in [0.29, 0.717) is 14.6 Å². The lowest BCUT2D eigenvalue weighted by Gasteiger charge is -2.34.